The van der Waals surface area contributed by atoms with Crippen LogP contribution in [0.4, 0.5) is 0 Å². The molecular formula is C28H33N3O4. The van der Waals surface area contributed by atoms with E-state index >= 15 is 0 Å². The van der Waals surface area contributed by atoms with Crippen LogP contribution < -0.4 is 4.74 Å². The number of rotatable bonds is 4. The molecule has 2 aromatic rings. The fourth-order valence-corrected chi connectivity index (χ4v) is 6.64. The summed E-state index contributed by atoms with van der Waals surface area (Å²) in [4.78, 5) is 36.0. The van der Waals surface area contributed by atoms with Crippen molar-refractivity contribution >= 4 is 11.8 Å². The third kappa shape index (κ3) is 3.67. The smallest absolute Gasteiger partial charge is 0.273 e. The minimum absolute atomic E-state index is 0.0504. The van der Waals surface area contributed by atoms with E-state index < -0.39 is 0 Å². The van der Waals surface area contributed by atoms with Gasteiger partial charge in [0.2, 0.25) is 0 Å². The number of methoxy groups -OCH3 is 1. The van der Waals surface area contributed by atoms with Gasteiger partial charge in [0.1, 0.15) is 11.4 Å². The largest absolute Gasteiger partial charge is 0.504 e. The second-order valence-corrected chi connectivity index (χ2v) is 10.5. The van der Waals surface area contributed by atoms with Crippen molar-refractivity contribution < 1.29 is 19.4 Å². The van der Waals surface area contributed by atoms with E-state index in [4.69, 9.17) is 9.72 Å². The number of aromatic nitrogens is 1. The van der Waals surface area contributed by atoms with E-state index in [9.17, 15) is 14.7 Å². The van der Waals surface area contributed by atoms with Gasteiger partial charge in [0.05, 0.1) is 7.11 Å². The van der Waals surface area contributed by atoms with Gasteiger partial charge in [-0.2, -0.15) is 0 Å². The molecule has 3 heterocycles. The van der Waals surface area contributed by atoms with Crippen LogP contribution in [-0.2, 0) is 13.1 Å². The molecule has 2 saturated carbocycles. The Morgan fingerprint density at radius 3 is 1.83 bits per heavy atom. The zero-order valence-corrected chi connectivity index (χ0v) is 20.4. The minimum Gasteiger partial charge on any atom is -0.504 e. The number of amides is 2. The number of hydrogen-bond acceptors (Lipinski definition) is 5. The molecule has 2 aliphatic carbocycles. The van der Waals surface area contributed by atoms with Gasteiger partial charge in [-0.25, -0.2) is 4.98 Å². The third-order valence-corrected chi connectivity index (χ3v) is 8.48. The molecule has 1 aromatic heterocycles. The van der Waals surface area contributed by atoms with Gasteiger partial charge in [0.15, 0.2) is 11.5 Å². The molecule has 7 heteroatoms. The van der Waals surface area contributed by atoms with Crippen molar-refractivity contribution in [3.05, 3.63) is 40.7 Å². The number of aromatic hydroxyl groups is 1. The maximum absolute atomic E-state index is 13.6. The summed E-state index contributed by atoms with van der Waals surface area (Å²) in [5.41, 5.74) is 4.44. The number of benzene rings is 1. The average molecular weight is 476 g/mol. The molecule has 184 valence electrons. The number of nitrogens with zero attached hydrogens (tertiary/aromatic N) is 3. The van der Waals surface area contributed by atoms with Crippen molar-refractivity contribution in [1.29, 1.82) is 0 Å². The van der Waals surface area contributed by atoms with Crippen LogP contribution in [0.2, 0.25) is 0 Å². The number of phenolic OH excluding ortho intramolecular Hbond substituents is 1. The summed E-state index contributed by atoms with van der Waals surface area (Å²) in [6.45, 7) is 1.05. The molecule has 1 N–H and O–H groups in total. The van der Waals surface area contributed by atoms with Crippen molar-refractivity contribution in [2.75, 3.05) is 7.11 Å². The van der Waals surface area contributed by atoms with Crippen molar-refractivity contribution in [3.8, 4) is 22.6 Å². The molecule has 7 nitrogen and oxygen atoms in total. The van der Waals surface area contributed by atoms with Crippen LogP contribution in [0.15, 0.2) is 18.2 Å². The third-order valence-electron chi connectivity index (χ3n) is 8.48. The van der Waals surface area contributed by atoms with Gasteiger partial charge >= 0.3 is 0 Å². The predicted molar refractivity (Wildman–Crippen MR) is 131 cm³/mol. The lowest BCUT2D eigenvalue weighted by Crippen LogP contribution is -2.37. The first-order valence-corrected chi connectivity index (χ1v) is 13.1. The van der Waals surface area contributed by atoms with Gasteiger partial charge in [0.25, 0.3) is 11.8 Å². The number of phenols is 1. The van der Waals surface area contributed by atoms with E-state index in [0.717, 1.165) is 73.6 Å². The number of pyridine rings is 1. The molecule has 2 amide bonds. The van der Waals surface area contributed by atoms with Crippen LogP contribution in [0, 0.1) is 0 Å². The summed E-state index contributed by atoms with van der Waals surface area (Å²) in [6, 6.07) is 5.76. The molecule has 0 radical (unpaired) electrons. The second kappa shape index (κ2) is 8.85. The Hall–Kier alpha value is -3.09. The van der Waals surface area contributed by atoms with E-state index in [1.54, 1.807) is 6.07 Å². The van der Waals surface area contributed by atoms with Gasteiger partial charge in [-0.05, 0) is 48.9 Å². The predicted octanol–water partition coefficient (Wildman–Crippen LogP) is 5.04. The number of carbonyl (C=O) groups is 2. The molecule has 0 unspecified atom stereocenters. The molecule has 1 aromatic carbocycles. The van der Waals surface area contributed by atoms with Crippen molar-refractivity contribution in [1.82, 2.24) is 14.8 Å². The summed E-state index contributed by atoms with van der Waals surface area (Å²) >= 11 is 0. The Kier molecular flexibility index (Phi) is 5.66. The number of fused-ring (bicyclic) bond motifs is 2. The maximum atomic E-state index is 13.6. The molecule has 6 rings (SSSR count). The first-order chi connectivity index (χ1) is 17.1. The van der Waals surface area contributed by atoms with Crippen LogP contribution in [0.25, 0.3) is 11.1 Å². The molecule has 2 fully saturated rings. The minimum atomic E-state index is -0.0504. The fourth-order valence-electron chi connectivity index (χ4n) is 6.64. The van der Waals surface area contributed by atoms with Crippen LogP contribution in [0.5, 0.6) is 11.5 Å². The first kappa shape index (κ1) is 22.4. The van der Waals surface area contributed by atoms with Crippen molar-refractivity contribution in [3.63, 3.8) is 0 Å². The standard InChI is InChI=1S/C28H33N3O4/c1-35-23-14-17(12-13-22(23)32)24-20-15-30(18-8-4-2-5-9-18)27(33)25(20)29-26-21(24)16-31(28(26)34)19-10-6-3-7-11-19/h12-14,18-19,32H,2-11,15-16H2,1H3. The highest BCUT2D eigenvalue weighted by molar-refractivity contribution is 6.05. The van der Waals surface area contributed by atoms with Gasteiger partial charge in [-0.3, -0.25) is 9.59 Å². The highest BCUT2D eigenvalue weighted by Gasteiger charge is 2.43. The Morgan fingerprint density at radius 2 is 1.34 bits per heavy atom. The molecule has 0 atom stereocenters. The van der Waals surface area contributed by atoms with Gasteiger partial charge in [-0.1, -0.05) is 44.6 Å². The van der Waals surface area contributed by atoms with Crippen LogP contribution in [0.1, 0.15) is 96.3 Å². The molecular weight excluding hydrogens is 442 g/mol. The zero-order valence-electron chi connectivity index (χ0n) is 20.4. The Bertz CT molecular complexity index is 1120. The fraction of sp³-hybridized carbons (Fsp3) is 0.536. The van der Waals surface area contributed by atoms with Gasteiger partial charge < -0.3 is 19.6 Å². The van der Waals surface area contributed by atoms with E-state index in [2.05, 4.69) is 0 Å². The first-order valence-electron chi connectivity index (χ1n) is 13.1. The molecule has 35 heavy (non-hydrogen) atoms. The van der Waals surface area contributed by atoms with Crippen molar-refractivity contribution in [2.24, 2.45) is 0 Å². The summed E-state index contributed by atoms with van der Waals surface area (Å²) in [5.74, 6) is 0.346. The summed E-state index contributed by atoms with van der Waals surface area (Å²) in [5, 5.41) is 10.2. The molecule has 0 bridgehead atoms. The lowest BCUT2D eigenvalue weighted by molar-refractivity contribution is 0.0652. The van der Waals surface area contributed by atoms with Crippen LogP contribution >= 0.6 is 0 Å². The zero-order chi connectivity index (χ0) is 24.1. The Labute approximate surface area is 206 Å². The van der Waals surface area contributed by atoms with Crippen LogP contribution in [0.3, 0.4) is 0 Å². The van der Waals surface area contributed by atoms with Crippen LogP contribution in [-0.4, -0.2) is 50.9 Å². The Balaban J connectivity index is 1.47. The number of carbonyl (C=O) groups excluding carboxylic acids is 2. The summed E-state index contributed by atoms with van der Waals surface area (Å²) < 4.78 is 5.40. The quantitative estimate of drug-likeness (QED) is 0.670. The number of hydrogen-bond donors (Lipinski definition) is 1. The summed E-state index contributed by atoms with van der Waals surface area (Å²) in [7, 11) is 1.53. The molecule has 0 spiro atoms. The lowest BCUT2D eigenvalue weighted by Gasteiger charge is -2.31. The normalized spacial score (nSPS) is 20.9. The lowest BCUT2D eigenvalue weighted by atomic mass is 9.92. The highest BCUT2D eigenvalue weighted by atomic mass is 16.5. The Morgan fingerprint density at radius 1 is 0.829 bits per heavy atom. The maximum Gasteiger partial charge on any atom is 0.273 e. The number of ether oxygens (including phenoxy) is 1. The monoisotopic (exact) mass is 475 g/mol. The molecule has 2 aliphatic heterocycles. The van der Waals surface area contributed by atoms with Gasteiger partial charge in [-0.15, -0.1) is 0 Å². The highest BCUT2D eigenvalue weighted by Crippen LogP contribution is 2.44. The van der Waals surface area contributed by atoms with E-state index in [0.29, 0.717) is 30.2 Å². The molecule has 4 aliphatic rings. The van der Waals surface area contributed by atoms with Gasteiger partial charge in [0, 0.05) is 36.3 Å². The summed E-state index contributed by atoms with van der Waals surface area (Å²) in [6.07, 6.45) is 11.1. The SMILES string of the molecule is COc1cc(-c2c3c(nc4c2CN(C2CCCCC2)C4=O)C(=O)N(C2CCCCC2)C3)ccc1O. The topological polar surface area (TPSA) is 83.0 Å². The van der Waals surface area contributed by atoms with E-state index in [1.807, 2.05) is 21.9 Å². The van der Waals surface area contributed by atoms with Crippen molar-refractivity contribution in [2.45, 2.75) is 89.4 Å². The average Bonchev–Trinajstić information content (AvgIpc) is 3.41. The second-order valence-electron chi connectivity index (χ2n) is 10.5. The molecule has 0 saturated heterocycles. The van der Waals surface area contributed by atoms with E-state index in [1.165, 1.54) is 20.0 Å². The van der Waals surface area contributed by atoms with E-state index in [-0.39, 0.29) is 29.6 Å².